The number of ketones is 1. The number of hydrogen-bond acceptors (Lipinski definition) is 5. The van der Waals surface area contributed by atoms with Crippen LogP contribution in [0.1, 0.15) is 61.3 Å². The number of Topliss-reactive ketones (excluding diaryl/α,β-unsaturated/α-hetero) is 1. The molecular formula is C32H34F2N2O5S. The molecular weight excluding hydrogens is 562 g/mol. The standard InChI is InChI=1S/C32H34F2N2O5S/c1-6-27(37)29-25-18-24(21-9-7-10-22(17-21)31(38)35-32(2,3)4)26(36(16-8-15-33)42(5,39)40)19-28(25)41-30(29)20-11-13-23(34)14-12-20/h7,9-14,17-19H,6,8,15-16H2,1-5H3,(H,35,38). The topological polar surface area (TPSA) is 96.7 Å². The van der Waals surface area contributed by atoms with Crippen LogP contribution in [-0.2, 0) is 10.0 Å². The zero-order chi connectivity index (χ0) is 30.8. The molecule has 1 N–H and O–H groups in total. The predicted octanol–water partition coefficient (Wildman–Crippen LogP) is 7.15. The molecule has 0 fully saturated rings. The van der Waals surface area contributed by atoms with Gasteiger partial charge in [-0.1, -0.05) is 19.1 Å². The van der Waals surface area contributed by atoms with E-state index in [1.807, 2.05) is 20.8 Å². The number of sulfonamides is 1. The number of rotatable bonds is 10. The third kappa shape index (κ3) is 6.70. The maximum Gasteiger partial charge on any atom is 0.251 e. The lowest BCUT2D eigenvalue weighted by Gasteiger charge is -2.25. The van der Waals surface area contributed by atoms with Crippen molar-refractivity contribution < 1.29 is 31.2 Å². The molecule has 222 valence electrons. The van der Waals surface area contributed by atoms with Crippen LogP contribution in [0.15, 0.2) is 65.1 Å². The summed E-state index contributed by atoms with van der Waals surface area (Å²) in [7, 11) is -3.88. The highest BCUT2D eigenvalue weighted by molar-refractivity contribution is 7.92. The number of alkyl halides is 1. The summed E-state index contributed by atoms with van der Waals surface area (Å²) < 4.78 is 60.2. The van der Waals surface area contributed by atoms with Crippen molar-refractivity contribution in [1.29, 1.82) is 0 Å². The van der Waals surface area contributed by atoms with Crippen molar-refractivity contribution >= 4 is 38.4 Å². The Morgan fingerprint density at radius 1 is 1.00 bits per heavy atom. The Morgan fingerprint density at radius 3 is 2.29 bits per heavy atom. The fraction of sp³-hybridized carbons (Fsp3) is 0.312. The number of carbonyl (C=O) groups excluding carboxylic acids is 2. The van der Waals surface area contributed by atoms with E-state index in [9.17, 15) is 26.8 Å². The second kappa shape index (κ2) is 12.1. The summed E-state index contributed by atoms with van der Waals surface area (Å²) in [5.41, 5.74) is 2.00. The molecule has 42 heavy (non-hydrogen) atoms. The maximum atomic E-state index is 13.7. The number of amides is 1. The summed E-state index contributed by atoms with van der Waals surface area (Å²) in [4.78, 5) is 26.3. The Balaban J connectivity index is 2.04. The highest BCUT2D eigenvalue weighted by Crippen LogP contribution is 2.42. The van der Waals surface area contributed by atoms with Crippen LogP contribution in [0.25, 0.3) is 33.4 Å². The van der Waals surface area contributed by atoms with E-state index in [1.165, 1.54) is 30.3 Å². The summed E-state index contributed by atoms with van der Waals surface area (Å²) in [6, 6.07) is 15.4. The van der Waals surface area contributed by atoms with Gasteiger partial charge in [0.05, 0.1) is 24.2 Å². The number of anilines is 1. The van der Waals surface area contributed by atoms with Crippen LogP contribution in [0.2, 0.25) is 0 Å². The van der Waals surface area contributed by atoms with Crippen LogP contribution in [-0.4, -0.2) is 45.1 Å². The zero-order valence-electron chi connectivity index (χ0n) is 24.3. The van der Waals surface area contributed by atoms with Gasteiger partial charge >= 0.3 is 0 Å². The van der Waals surface area contributed by atoms with Gasteiger partial charge in [0.15, 0.2) is 5.78 Å². The van der Waals surface area contributed by atoms with Gasteiger partial charge in [0.25, 0.3) is 5.91 Å². The predicted molar refractivity (Wildman–Crippen MR) is 162 cm³/mol. The molecule has 1 aromatic heterocycles. The van der Waals surface area contributed by atoms with Gasteiger partial charge < -0.3 is 9.73 Å². The Hall–Kier alpha value is -4.05. The molecule has 0 bridgehead atoms. The van der Waals surface area contributed by atoms with Crippen molar-refractivity contribution in [2.45, 2.75) is 46.1 Å². The molecule has 7 nitrogen and oxygen atoms in total. The summed E-state index contributed by atoms with van der Waals surface area (Å²) in [5, 5.41) is 3.35. The largest absolute Gasteiger partial charge is 0.455 e. The van der Waals surface area contributed by atoms with E-state index in [0.29, 0.717) is 27.6 Å². The number of furan rings is 1. The highest BCUT2D eigenvalue weighted by Gasteiger charge is 2.27. The zero-order valence-corrected chi connectivity index (χ0v) is 25.1. The number of hydrogen-bond donors (Lipinski definition) is 1. The average Bonchev–Trinajstić information content (AvgIpc) is 3.29. The Morgan fingerprint density at radius 2 is 1.69 bits per heavy atom. The second-order valence-electron chi connectivity index (χ2n) is 11.1. The van der Waals surface area contributed by atoms with Gasteiger partial charge in [-0.05, 0) is 75.2 Å². The van der Waals surface area contributed by atoms with Crippen LogP contribution < -0.4 is 9.62 Å². The van der Waals surface area contributed by atoms with Gasteiger partial charge in [-0.3, -0.25) is 18.3 Å². The smallest absolute Gasteiger partial charge is 0.251 e. The number of nitrogens with zero attached hydrogens (tertiary/aromatic N) is 1. The van der Waals surface area contributed by atoms with Gasteiger partial charge in [-0.2, -0.15) is 0 Å². The fourth-order valence-electron chi connectivity index (χ4n) is 4.74. The SMILES string of the molecule is CCC(=O)c1c(-c2ccc(F)cc2)oc2cc(N(CCCF)S(C)(=O)=O)c(-c3cccc(C(=O)NC(C)(C)C)c3)cc12. The molecule has 0 atom stereocenters. The van der Waals surface area contributed by atoms with Crippen LogP contribution in [0.4, 0.5) is 14.5 Å². The lowest BCUT2D eigenvalue weighted by atomic mass is 9.95. The van der Waals surface area contributed by atoms with Gasteiger partial charge in [0.2, 0.25) is 10.0 Å². The monoisotopic (exact) mass is 596 g/mol. The van der Waals surface area contributed by atoms with Crippen LogP contribution >= 0.6 is 0 Å². The van der Waals surface area contributed by atoms with E-state index in [-0.39, 0.29) is 53.7 Å². The minimum absolute atomic E-state index is 0.0445. The molecule has 10 heteroatoms. The van der Waals surface area contributed by atoms with Gasteiger partial charge in [0.1, 0.15) is 17.2 Å². The van der Waals surface area contributed by atoms with E-state index < -0.39 is 28.1 Å². The van der Waals surface area contributed by atoms with E-state index in [4.69, 9.17) is 4.42 Å². The lowest BCUT2D eigenvalue weighted by Crippen LogP contribution is -2.40. The molecule has 1 heterocycles. The van der Waals surface area contributed by atoms with Crippen molar-refractivity contribution in [1.82, 2.24) is 5.32 Å². The number of nitrogens with one attached hydrogen (secondary N) is 1. The van der Waals surface area contributed by atoms with Crippen molar-refractivity contribution in [3.05, 3.63) is 77.6 Å². The summed E-state index contributed by atoms with van der Waals surface area (Å²) in [6.45, 7) is 6.43. The molecule has 0 aliphatic heterocycles. The first kappa shape index (κ1) is 30.9. The Bertz CT molecular complexity index is 1740. The molecule has 0 unspecified atom stereocenters. The molecule has 0 saturated carbocycles. The molecule has 0 aliphatic rings. The lowest BCUT2D eigenvalue weighted by molar-refractivity contribution is 0.0918. The van der Waals surface area contributed by atoms with Crippen molar-refractivity contribution in [3.63, 3.8) is 0 Å². The quantitative estimate of drug-likeness (QED) is 0.196. The van der Waals surface area contributed by atoms with Gasteiger partial charge in [-0.15, -0.1) is 0 Å². The number of fused-ring (bicyclic) bond motifs is 1. The average molecular weight is 597 g/mol. The molecule has 0 radical (unpaired) electrons. The molecule has 3 aromatic carbocycles. The summed E-state index contributed by atoms with van der Waals surface area (Å²) in [6.07, 6.45) is 1.15. The van der Waals surface area contributed by atoms with Gasteiger partial charge in [0, 0.05) is 46.6 Å². The van der Waals surface area contributed by atoms with E-state index in [1.54, 1.807) is 37.3 Å². The van der Waals surface area contributed by atoms with Gasteiger partial charge in [-0.25, -0.2) is 12.8 Å². The second-order valence-corrected chi connectivity index (χ2v) is 13.0. The maximum absolute atomic E-state index is 13.7. The Labute approximate surface area is 244 Å². The first-order valence-corrected chi connectivity index (χ1v) is 15.4. The first-order chi connectivity index (χ1) is 19.7. The minimum atomic E-state index is -3.88. The van der Waals surface area contributed by atoms with Crippen molar-refractivity contribution in [2.75, 3.05) is 23.8 Å². The minimum Gasteiger partial charge on any atom is -0.455 e. The Kier molecular flexibility index (Phi) is 8.87. The number of halogens is 2. The molecule has 0 aliphatic carbocycles. The van der Waals surface area contributed by atoms with Crippen LogP contribution in [0.5, 0.6) is 0 Å². The van der Waals surface area contributed by atoms with E-state index in [0.717, 1.165) is 10.6 Å². The summed E-state index contributed by atoms with van der Waals surface area (Å²) in [5.74, 6) is -0.752. The summed E-state index contributed by atoms with van der Waals surface area (Å²) >= 11 is 0. The molecule has 0 spiro atoms. The van der Waals surface area contributed by atoms with Crippen LogP contribution in [0, 0.1) is 5.82 Å². The fourth-order valence-corrected chi connectivity index (χ4v) is 5.71. The normalized spacial score (nSPS) is 12.0. The third-order valence-corrected chi connectivity index (χ3v) is 7.78. The molecule has 0 saturated heterocycles. The third-order valence-electron chi connectivity index (χ3n) is 6.60. The molecule has 1 amide bonds. The number of benzene rings is 3. The van der Waals surface area contributed by atoms with E-state index >= 15 is 0 Å². The van der Waals surface area contributed by atoms with E-state index in [2.05, 4.69) is 5.32 Å². The van der Waals surface area contributed by atoms with Crippen LogP contribution in [0.3, 0.4) is 0 Å². The molecule has 4 aromatic rings. The van der Waals surface area contributed by atoms with Crippen molar-refractivity contribution in [2.24, 2.45) is 0 Å². The first-order valence-electron chi connectivity index (χ1n) is 13.6. The highest BCUT2D eigenvalue weighted by atomic mass is 32.2. The number of carbonyl (C=O) groups is 2. The van der Waals surface area contributed by atoms with Crippen molar-refractivity contribution in [3.8, 4) is 22.5 Å². The molecule has 4 rings (SSSR count).